The van der Waals surface area contributed by atoms with Gasteiger partial charge in [-0.1, -0.05) is 0 Å². The van der Waals surface area contributed by atoms with Gasteiger partial charge in [0.15, 0.2) is 6.72 Å². The Morgan fingerprint density at radius 3 is 3.06 bits per heavy atom. The van der Waals surface area contributed by atoms with E-state index in [2.05, 4.69) is 38.3 Å². The van der Waals surface area contributed by atoms with Crippen LogP contribution in [0.15, 0.2) is 33.5 Å². The molecule has 0 aliphatic heterocycles. The molecule has 0 spiro atoms. The lowest BCUT2D eigenvalue weighted by Crippen LogP contribution is -2.31. The van der Waals surface area contributed by atoms with Gasteiger partial charge in [0.2, 0.25) is 0 Å². The molecule has 0 fully saturated rings. The first-order chi connectivity index (χ1) is 7.68. The fourth-order valence-corrected chi connectivity index (χ4v) is 1.46. The molecule has 0 unspecified atom stereocenters. The number of rotatable bonds is 3. The van der Waals surface area contributed by atoms with Gasteiger partial charge in [-0.2, -0.15) is 5.10 Å². The summed E-state index contributed by atoms with van der Waals surface area (Å²) in [5.74, 6) is 0.0692. The summed E-state index contributed by atoms with van der Waals surface area (Å²) in [6.07, 6.45) is 2.99. The highest BCUT2D eigenvalue weighted by Gasteiger charge is 2.18. The number of hydrogen-bond donors (Lipinski definition) is 2. The smallest absolute Gasteiger partial charge is 0.401 e. The number of aromatic amines is 1. The molecule has 0 saturated heterocycles. The van der Waals surface area contributed by atoms with Gasteiger partial charge in [0.1, 0.15) is 5.69 Å². The molecule has 0 aliphatic carbocycles. The minimum atomic E-state index is -0.365. The number of carbonyl (C=O) groups excluding carboxylic acids is 1. The highest BCUT2D eigenvalue weighted by molar-refractivity contribution is 9.10. The molecule has 0 atom stereocenters. The Balaban J connectivity index is 2.09. The third-order valence-electron chi connectivity index (χ3n) is 1.83. The van der Waals surface area contributed by atoms with Crippen LogP contribution in [0.4, 0.5) is 5.88 Å². The van der Waals surface area contributed by atoms with Crippen LogP contribution in [-0.2, 0) is 0 Å². The zero-order valence-corrected chi connectivity index (χ0v) is 9.69. The van der Waals surface area contributed by atoms with Crippen LogP contribution in [0.3, 0.4) is 0 Å². The normalized spacial score (nSPS) is 10.1. The van der Waals surface area contributed by atoms with Crippen molar-refractivity contribution >= 4 is 34.4 Å². The lowest BCUT2D eigenvalue weighted by molar-refractivity contribution is -0.494. The maximum atomic E-state index is 11.7. The number of hydrazine groups is 1. The highest BCUT2D eigenvalue weighted by Crippen LogP contribution is 2.13. The van der Waals surface area contributed by atoms with E-state index in [-0.39, 0.29) is 5.91 Å². The number of nitrogens with one attached hydrogen (secondary N) is 2. The number of carbonyl (C=O) groups is 1. The molecule has 1 amide bonds. The third kappa shape index (κ3) is 2.03. The first kappa shape index (κ1) is 10.6. The van der Waals surface area contributed by atoms with Crippen LogP contribution in [-0.4, -0.2) is 27.5 Å². The second-order valence-electron chi connectivity index (χ2n) is 2.91. The van der Waals surface area contributed by atoms with Crippen molar-refractivity contribution in [3.8, 4) is 0 Å². The van der Waals surface area contributed by atoms with Crippen LogP contribution < -0.4 is 5.43 Å². The van der Waals surface area contributed by atoms with Crippen LogP contribution in [0, 0.1) is 0 Å². The third-order valence-corrected chi connectivity index (χ3v) is 2.43. The number of hydrazone groups is 1. The van der Waals surface area contributed by atoms with Crippen molar-refractivity contribution in [3.05, 3.63) is 34.8 Å². The molecular weight excluding hydrogens is 276 g/mol. The van der Waals surface area contributed by atoms with E-state index < -0.39 is 0 Å². The van der Waals surface area contributed by atoms with Crippen molar-refractivity contribution in [2.75, 3.05) is 0 Å². The molecule has 0 bridgehead atoms. The van der Waals surface area contributed by atoms with Gasteiger partial charge < -0.3 is 4.42 Å². The molecule has 2 heterocycles. The summed E-state index contributed by atoms with van der Waals surface area (Å²) >= 11 is 3.19. The molecule has 82 valence electrons. The van der Waals surface area contributed by atoms with Crippen molar-refractivity contribution in [1.29, 1.82) is 0 Å². The average Bonchev–Trinajstić information content (AvgIpc) is 2.86. The number of aromatic nitrogens is 2. The van der Waals surface area contributed by atoms with Crippen LogP contribution in [0.2, 0.25) is 0 Å². The van der Waals surface area contributed by atoms with Crippen molar-refractivity contribution in [2.45, 2.75) is 0 Å². The largest absolute Gasteiger partial charge is 0.411 e. The molecule has 16 heavy (non-hydrogen) atoms. The predicted molar refractivity (Wildman–Crippen MR) is 59.5 cm³/mol. The maximum Gasteiger partial charge on any atom is 0.401 e. The second kappa shape index (κ2) is 4.31. The molecule has 0 aliphatic rings. The summed E-state index contributed by atoms with van der Waals surface area (Å²) in [5.41, 5.74) is 2.83. The van der Waals surface area contributed by atoms with Gasteiger partial charge >= 0.3 is 11.8 Å². The fourth-order valence-electron chi connectivity index (χ4n) is 1.09. The Labute approximate surface area is 99.1 Å². The molecule has 2 rings (SSSR count). The lowest BCUT2D eigenvalue weighted by Gasteiger charge is -1.97. The van der Waals surface area contributed by atoms with Crippen molar-refractivity contribution in [1.82, 2.24) is 15.6 Å². The van der Waals surface area contributed by atoms with Crippen molar-refractivity contribution in [3.63, 3.8) is 0 Å². The molecular formula is C9H8BrN4O2+. The minimum Gasteiger partial charge on any atom is -0.411 e. The van der Waals surface area contributed by atoms with E-state index in [4.69, 9.17) is 4.42 Å². The zero-order valence-electron chi connectivity index (χ0n) is 8.11. The van der Waals surface area contributed by atoms with E-state index in [0.717, 1.165) is 0 Å². The van der Waals surface area contributed by atoms with Crippen molar-refractivity contribution in [2.24, 2.45) is 0 Å². The highest BCUT2D eigenvalue weighted by atomic mass is 79.9. The summed E-state index contributed by atoms with van der Waals surface area (Å²) in [5, 5.41) is 6.28. The Kier molecular flexibility index (Phi) is 2.86. The molecule has 2 aromatic rings. The Bertz CT molecular complexity index is 517. The zero-order chi connectivity index (χ0) is 11.5. The summed E-state index contributed by atoms with van der Waals surface area (Å²) in [4.78, 5) is 11.7. The number of hydrogen-bond acceptors (Lipinski definition) is 3. The minimum absolute atomic E-state index is 0.320. The van der Waals surface area contributed by atoms with Crippen LogP contribution >= 0.6 is 15.9 Å². The SMILES string of the molecule is C=[N+](NC(=O)c1[nH]ncc1Br)c1ccco1. The van der Waals surface area contributed by atoms with Crippen LogP contribution in [0.25, 0.3) is 0 Å². The summed E-state index contributed by atoms with van der Waals surface area (Å²) in [6, 6.07) is 3.38. The van der Waals surface area contributed by atoms with Crippen molar-refractivity contribution < 1.29 is 13.9 Å². The Morgan fingerprint density at radius 2 is 2.50 bits per heavy atom. The monoisotopic (exact) mass is 283 g/mol. The molecule has 7 heteroatoms. The molecule has 6 nitrogen and oxygen atoms in total. The Morgan fingerprint density at radius 1 is 1.69 bits per heavy atom. The van der Waals surface area contributed by atoms with Gasteiger partial charge in [0.05, 0.1) is 23.0 Å². The molecule has 0 aromatic carbocycles. The summed E-state index contributed by atoms with van der Waals surface area (Å²) < 4.78 is 6.87. The lowest BCUT2D eigenvalue weighted by atomic mass is 10.4. The number of furan rings is 1. The molecule has 2 aromatic heterocycles. The molecule has 0 saturated carbocycles. The predicted octanol–water partition coefficient (Wildman–Crippen LogP) is 1.45. The Hall–Kier alpha value is -1.89. The first-order valence-corrected chi connectivity index (χ1v) is 5.12. The van der Waals surface area contributed by atoms with E-state index in [9.17, 15) is 4.79 Å². The second-order valence-corrected chi connectivity index (χ2v) is 3.77. The number of halogens is 1. The quantitative estimate of drug-likeness (QED) is 0.509. The maximum absolute atomic E-state index is 11.7. The van der Waals surface area contributed by atoms with E-state index >= 15 is 0 Å². The fraction of sp³-hybridized carbons (Fsp3) is 0. The number of amides is 1. The van der Waals surface area contributed by atoms with E-state index in [1.165, 1.54) is 17.1 Å². The molecule has 0 radical (unpaired) electrons. The number of nitrogens with zero attached hydrogens (tertiary/aromatic N) is 2. The van der Waals surface area contributed by atoms with Gasteiger partial charge in [-0.25, -0.2) is 0 Å². The average molecular weight is 284 g/mol. The van der Waals surface area contributed by atoms with Gasteiger partial charge in [0.25, 0.3) is 0 Å². The van der Waals surface area contributed by atoms with Gasteiger partial charge in [-0.15, -0.1) is 5.43 Å². The van der Waals surface area contributed by atoms with Crippen LogP contribution in [0.5, 0.6) is 0 Å². The summed E-state index contributed by atoms with van der Waals surface area (Å²) in [6.45, 7) is 3.62. The first-order valence-electron chi connectivity index (χ1n) is 4.32. The van der Waals surface area contributed by atoms with E-state index in [1.807, 2.05) is 0 Å². The molecule has 2 N–H and O–H groups in total. The summed E-state index contributed by atoms with van der Waals surface area (Å²) in [7, 11) is 0. The van der Waals surface area contributed by atoms with Gasteiger partial charge in [-0.3, -0.25) is 9.89 Å². The van der Waals surface area contributed by atoms with E-state index in [1.54, 1.807) is 12.1 Å². The topological polar surface area (TPSA) is 73.9 Å². The van der Waals surface area contributed by atoms with Crippen LogP contribution in [0.1, 0.15) is 10.5 Å². The standard InChI is InChI=1S/C9H7BrN4O2/c1-14(7-3-2-4-16-7)13-9(15)8-6(10)5-11-12-8/h2-5H,1H2,(H-,11,12,13,15)/p+1. The van der Waals surface area contributed by atoms with Gasteiger partial charge in [0, 0.05) is 0 Å². The van der Waals surface area contributed by atoms with E-state index in [0.29, 0.717) is 16.1 Å². The number of H-pyrrole nitrogens is 1. The van der Waals surface area contributed by atoms with Gasteiger partial charge in [-0.05, 0) is 26.7 Å².